The zero-order chi connectivity index (χ0) is 8.97. The van der Waals surface area contributed by atoms with Gasteiger partial charge in [-0.1, -0.05) is 11.6 Å². The van der Waals surface area contributed by atoms with Gasteiger partial charge in [-0.25, -0.2) is 0 Å². The van der Waals surface area contributed by atoms with Crippen molar-refractivity contribution < 1.29 is 0 Å². The number of hydrogen-bond donors (Lipinski definition) is 2. The number of aromatic nitrogens is 1. The molecule has 0 saturated heterocycles. The lowest BCUT2D eigenvalue weighted by molar-refractivity contribution is 0.660. The Kier molecular flexibility index (Phi) is 3.47. The molecular formula is C8H12ClN3. The highest BCUT2D eigenvalue weighted by molar-refractivity contribution is 6.31. The van der Waals surface area contributed by atoms with Crippen molar-refractivity contribution in [1.82, 2.24) is 4.98 Å². The van der Waals surface area contributed by atoms with Gasteiger partial charge in [0.05, 0.1) is 5.02 Å². The third-order valence-corrected chi connectivity index (χ3v) is 2.00. The van der Waals surface area contributed by atoms with E-state index in [-0.39, 0.29) is 6.04 Å². The van der Waals surface area contributed by atoms with Gasteiger partial charge in [0.15, 0.2) is 0 Å². The van der Waals surface area contributed by atoms with Crippen LogP contribution in [0.25, 0.3) is 0 Å². The quantitative estimate of drug-likeness (QED) is 0.741. The van der Waals surface area contributed by atoms with E-state index in [2.05, 4.69) is 4.98 Å². The van der Waals surface area contributed by atoms with Crippen LogP contribution in [0.3, 0.4) is 0 Å². The van der Waals surface area contributed by atoms with E-state index in [0.29, 0.717) is 11.6 Å². The summed E-state index contributed by atoms with van der Waals surface area (Å²) in [6.45, 7) is 0.569. The molecule has 66 valence electrons. The summed E-state index contributed by atoms with van der Waals surface area (Å²) in [5, 5.41) is 0.610. The van der Waals surface area contributed by atoms with Crippen molar-refractivity contribution in [3.8, 4) is 0 Å². The molecule has 1 aromatic rings. The molecule has 0 radical (unpaired) electrons. The summed E-state index contributed by atoms with van der Waals surface area (Å²) in [4.78, 5) is 3.87. The fraction of sp³-hybridized carbons (Fsp3) is 0.375. The van der Waals surface area contributed by atoms with Crippen LogP contribution in [-0.4, -0.2) is 11.5 Å². The van der Waals surface area contributed by atoms with Gasteiger partial charge < -0.3 is 11.5 Å². The number of rotatable bonds is 3. The highest BCUT2D eigenvalue weighted by Crippen LogP contribution is 2.21. The summed E-state index contributed by atoms with van der Waals surface area (Å²) in [5.74, 6) is 0. The molecule has 0 bridgehead atoms. The van der Waals surface area contributed by atoms with Gasteiger partial charge in [0.1, 0.15) is 0 Å². The molecule has 0 amide bonds. The average Bonchev–Trinajstić information content (AvgIpc) is 2.05. The van der Waals surface area contributed by atoms with Gasteiger partial charge in [0.2, 0.25) is 0 Å². The lowest BCUT2D eigenvalue weighted by atomic mass is 10.1. The lowest BCUT2D eigenvalue weighted by Crippen LogP contribution is -2.15. The van der Waals surface area contributed by atoms with Gasteiger partial charge in [-0.3, -0.25) is 4.98 Å². The summed E-state index contributed by atoms with van der Waals surface area (Å²) in [6, 6.07) is 1.74. The molecule has 0 unspecified atom stereocenters. The first-order chi connectivity index (χ1) is 5.75. The molecule has 0 aliphatic carbocycles. The second-order valence-corrected chi connectivity index (χ2v) is 2.99. The third kappa shape index (κ3) is 2.17. The summed E-state index contributed by atoms with van der Waals surface area (Å²) in [7, 11) is 0. The molecule has 0 aliphatic heterocycles. The molecule has 1 rings (SSSR count). The Morgan fingerprint density at radius 1 is 1.58 bits per heavy atom. The highest BCUT2D eigenvalue weighted by Gasteiger charge is 2.07. The Balaban J connectivity index is 2.79. The zero-order valence-corrected chi connectivity index (χ0v) is 7.46. The first-order valence-corrected chi connectivity index (χ1v) is 4.18. The van der Waals surface area contributed by atoms with Gasteiger partial charge in [-0.15, -0.1) is 0 Å². The molecule has 0 aromatic carbocycles. The first-order valence-electron chi connectivity index (χ1n) is 3.80. The minimum absolute atomic E-state index is 0.0782. The van der Waals surface area contributed by atoms with Crippen LogP contribution >= 0.6 is 11.6 Å². The molecule has 1 heterocycles. The van der Waals surface area contributed by atoms with Crippen molar-refractivity contribution in [2.75, 3.05) is 6.54 Å². The summed E-state index contributed by atoms with van der Waals surface area (Å²) < 4.78 is 0. The largest absolute Gasteiger partial charge is 0.330 e. The molecule has 0 fully saturated rings. The number of halogens is 1. The third-order valence-electron chi connectivity index (χ3n) is 1.68. The topological polar surface area (TPSA) is 64.9 Å². The molecule has 1 aromatic heterocycles. The fourth-order valence-electron chi connectivity index (χ4n) is 1.02. The smallest absolute Gasteiger partial charge is 0.0637 e. The fourth-order valence-corrected chi connectivity index (χ4v) is 1.28. The van der Waals surface area contributed by atoms with E-state index >= 15 is 0 Å². The Bertz CT molecular complexity index is 252. The van der Waals surface area contributed by atoms with Crippen molar-refractivity contribution in [3.63, 3.8) is 0 Å². The van der Waals surface area contributed by atoms with E-state index in [1.807, 2.05) is 6.07 Å². The van der Waals surface area contributed by atoms with Crippen LogP contribution in [0, 0.1) is 0 Å². The van der Waals surface area contributed by atoms with Gasteiger partial charge in [0, 0.05) is 18.4 Å². The van der Waals surface area contributed by atoms with E-state index < -0.39 is 0 Å². The predicted molar refractivity (Wildman–Crippen MR) is 49.8 cm³/mol. The van der Waals surface area contributed by atoms with E-state index in [1.165, 1.54) is 0 Å². The Morgan fingerprint density at radius 2 is 2.33 bits per heavy atom. The van der Waals surface area contributed by atoms with Crippen LogP contribution < -0.4 is 11.5 Å². The molecule has 4 N–H and O–H groups in total. The van der Waals surface area contributed by atoms with Crippen LogP contribution in [0.5, 0.6) is 0 Å². The first kappa shape index (κ1) is 9.45. The minimum atomic E-state index is -0.0782. The number of nitrogens with zero attached hydrogens (tertiary/aromatic N) is 1. The van der Waals surface area contributed by atoms with Crippen LogP contribution in [0.15, 0.2) is 18.5 Å². The highest BCUT2D eigenvalue weighted by atomic mass is 35.5. The molecule has 0 spiro atoms. The summed E-state index contributed by atoms with van der Waals surface area (Å²) in [5.41, 5.74) is 12.1. The van der Waals surface area contributed by atoms with Crippen molar-refractivity contribution in [2.45, 2.75) is 12.5 Å². The second-order valence-electron chi connectivity index (χ2n) is 2.58. The molecule has 0 aliphatic rings. The molecule has 3 nitrogen and oxygen atoms in total. The van der Waals surface area contributed by atoms with Gasteiger partial charge >= 0.3 is 0 Å². The lowest BCUT2D eigenvalue weighted by Gasteiger charge is -2.11. The molecule has 4 heteroatoms. The predicted octanol–water partition coefficient (Wildman–Crippen LogP) is 1.08. The van der Waals surface area contributed by atoms with Crippen LogP contribution in [0.4, 0.5) is 0 Å². The molecular weight excluding hydrogens is 174 g/mol. The summed E-state index contributed by atoms with van der Waals surface area (Å²) >= 11 is 5.87. The van der Waals surface area contributed by atoms with Crippen molar-refractivity contribution >= 4 is 11.6 Å². The second kappa shape index (κ2) is 4.40. The van der Waals surface area contributed by atoms with Crippen molar-refractivity contribution in [1.29, 1.82) is 0 Å². The number of nitrogens with two attached hydrogens (primary N) is 2. The monoisotopic (exact) mass is 185 g/mol. The standard InChI is InChI=1S/C8H12ClN3/c9-7-5-12-4-2-6(7)8(11)1-3-10/h2,4-5,8H,1,3,10-11H2/t8-/m1/s1. The van der Waals surface area contributed by atoms with E-state index in [9.17, 15) is 0 Å². The molecule has 0 saturated carbocycles. The van der Waals surface area contributed by atoms with E-state index in [1.54, 1.807) is 12.4 Å². The van der Waals surface area contributed by atoms with Crippen molar-refractivity contribution in [3.05, 3.63) is 29.0 Å². The Labute approximate surface area is 76.7 Å². The Morgan fingerprint density at radius 3 is 2.92 bits per heavy atom. The minimum Gasteiger partial charge on any atom is -0.330 e. The van der Waals surface area contributed by atoms with Crippen LogP contribution in [-0.2, 0) is 0 Å². The van der Waals surface area contributed by atoms with Gasteiger partial charge in [0.25, 0.3) is 0 Å². The maximum absolute atomic E-state index is 5.87. The SMILES string of the molecule is NCC[C@@H](N)c1ccncc1Cl. The van der Waals surface area contributed by atoms with Crippen LogP contribution in [0.2, 0.25) is 5.02 Å². The normalized spacial score (nSPS) is 12.9. The molecule has 12 heavy (non-hydrogen) atoms. The van der Waals surface area contributed by atoms with E-state index in [4.69, 9.17) is 23.1 Å². The molecule has 1 atom stereocenters. The summed E-state index contributed by atoms with van der Waals surface area (Å²) in [6.07, 6.45) is 4.01. The maximum Gasteiger partial charge on any atom is 0.0637 e. The van der Waals surface area contributed by atoms with Crippen molar-refractivity contribution in [2.24, 2.45) is 11.5 Å². The Hall–Kier alpha value is -0.640. The number of hydrogen-bond acceptors (Lipinski definition) is 3. The van der Waals surface area contributed by atoms with E-state index in [0.717, 1.165) is 12.0 Å². The average molecular weight is 186 g/mol. The van der Waals surface area contributed by atoms with Gasteiger partial charge in [-0.2, -0.15) is 0 Å². The zero-order valence-electron chi connectivity index (χ0n) is 6.70. The van der Waals surface area contributed by atoms with Crippen LogP contribution in [0.1, 0.15) is 18.0 Å². The number of pyridine rings is 1. The van der Waals surface area contributed by atoms with Gasteiger partial charge in [-0.05, 0) is 24.6 Å². The maximum atomic E-state index is 5.87.